The van der Waals surface area contributed by atoms with Crippen molar-refractivity contribution in [1.29, 1.82) is 0 Å². The summed E-state index contributed by atoms with van der Waals surface area (Å²) in [6, 6.07) is 17.2. The predicted molar refractivity (Wildman–Crippen MR) is 130 cm³/mol. The molecule has 2 atom stereocenters. The molecule has 2 aromatic rings. The van der Waals surface area contributed by atoms with Gasteiger partial charge in [-0.1, -0.05) is 74.5 Å². The van der Waals surface area contributed by atoms with Gasteiger partial charge in [-0.3, -0.25) is 24.1 Å². The van der Waals surface area contributed by atoms with Gasteiger partial charge in [-0.05, 0) is 30.4 Å². The molecular formula is C27H31N3O4. The van der Waals surface area contributed by atoms with Crippen LogP contribution in [0.25, 0.3) is 5.70 Å². The second kappa shape index (κ2) is 10.9. The number of amides is 3. The SMILES string of the molecule is CC(=O)[C@H](Cc1ccccc1)NC(=O)CN1C(=O)C(C(C)C)N(C(C)=O)C=C1c1ccccc1. The van der Waals surface area contributed by atoms with E-state index in [0.717, 1.165) is 5.56 Å². The fraction of sp³-hybridized carbons (Fsp3) is 0.333. The lowest BCUT2D eigenvalue weighted by molar-refractivity contribution is -0.145. The number of carbonyl (C=O) groups excluding carboxylic acids is 4. The van der Waals surface area contributed by atoms with Crippen LogP contribution in [0, 0.1) is 5.92 Å². The van der Waals surface area contributed by atoms with Crippen LogP contribution in [-0.2, 0) is 25.6 Å². The first-order chi connectivity index (χ1) is 16.2. The maximum Gasteiger partial charge on any atom is 0.250 e. The molecule has 1 aliphatic rings. The van der Waals surface area contributed by atoms with E-state index >= 15 is 0 Å². The fourth-order valence-electron chi connectivity index (χ4n) is 4.10. The largest absolute Gasteiger partial charge is 0.344 e. The van der Waals surface area contributed by atoms with Crippen LogP contribution in [0.4, 0.5) is 0 Å². The topological polar surface area (TPSA) is 86.8 Å². The first kappa shape index (κ1) is 24.9. The summed E-state index contributed by atoms with van der Waals surface area (Å²) < 4.78 is 0. The Labute approximate surface area is 200 Å². The van der Waals surface area contributed by atoms with Gasteiger partial charge in [0.25, 0.3) is 5.91 Å². The van der Waals surface area contributed by atoms with Gasteiger partial charge >= 0.3 is 0 Å². The molecular weight excluding hydrogens is 430 g/mol. The summed E-state index contributed by atoms with van der Waals surface area (Å²) in [5, 5.41) is 2.79. The molecule has 0 radical (unpaired) electrons. The lowest BCUT2D eigenvalue weighted by Crippen LogP contribution is -2.56. The smallest absolute Gasteiger partial charge is 0.250 e. The number of benzene rings is 2. The molecule has 3 rings (SSSR count). The minimum Gasteiger partial charge on any atom is -0.344 e. The first-order valence-corrected chi connectivity index (χ1v) is 11.4. The van der Waals surface area contributed by atoms with Crippen molar-refractivity contribution in [3.63, 3.8) is 0 Å². The van der Waals surface area contributed by atoms with Gasteiger partial charge in [0.05, 0.1) is 11.7 Å². The third kappa shape index (κ3) is 5.78. The van der Waals surface area contributed by atoms with E-state index in [0.29, 0.717) is 17.7 Å². The van der Waals surface area contributed by atoms with Crippen molar-refractivity contribution in [2.24, 2.45) is 5.92 Å². The number of hydrogen-bond acceptors (Lipinski definition) is 4. The van der Waals surface area contributed by atoms with Crippen LogP contribution in [0.3, 0.4) is 0 Å². The number of hydrogen-bond donors (Lipinski definition) is 1. The van der Waals surface area contributed by atoms with E-state index in [2.05, 4.69) is 5.32 Å². The van der Waals surface area contributed by atoms with E-state index < -0.39 is 18.0 Å². The zero-order valence-corrected chi connectivity index (χ0v) is 20.0. The second-order valence-electron chi connectivity index (χ2n) is 8.84. The summed E-state index contributed by atoms with van der Waals surface area (Å²) in [5.41, 5.74) is 2.11. The molecule has 0 aromatic heterocycles. The van der Waals surface area contributed by atoms with Crippen LogP contribution < -0.4 is 5.32 Å². The van der Waals surface area contributed by atoms with Crippen molar-refractivity contribution in [2.45, 2.75) is 46.2 Å². The average Bonchev–Trinajstić information content (AvgIpc) is 2.80. The van der Waals surface area contributed by atoms with Gasteiger partial charge in [0, 0.05) is 13.1 Å². The Morgan fingerprint density at radius 3 is 2.06 bits per heavy atom. The van der Waals surface area contributed by atoms with Gasteiger partial charge in [0.1, 0.15) is 12.6 Å². The highest BCUT2D eigenvalue weighted by Crippen LogP contribution is 2.29. The Kier molecular flexibility index (Phi) is 7.99. The summed E-state index contributed by atoms with van der Waals surface area (Å²) in [6.45, 7) is 6.33. The molecule has 7 nitrogen and oxygen atoms in total. The molecule has 0 saturated heterocycles. The summed E-state index contributed by atoms with van der Waals surface area (Å²) in [5.74, 6) is -1.33. The van der Waals surface area contributed by atoms with Gasteiger partial charge in [-0.25, -0.2) is 0 Å². The molecule has 7 heteroatoms. The number of carbonyl (C=O) groups is 4. The van der Waals surface area contributed by atoms with Crippen molar-refractivity contribution in [3.8, 4) is 0 Å². The third-order valence-electron chi connectivity index (χ3n) is 5.85. The highest BCUT2D eigenvalue weighted by Gasteiger charge is 2.40. The van der Waals surface area contributed by atoms with Gasteiger partial charge in [-0.15, -0.1) is 0 Å². The normalized spacial score (nSPS) is 16.8. The van der Waals surface area contributed by atoms with Crippen molar-refractivity contribution in [2.75, 3.05) is 6.54 Å². The summed E-state index contributed by atoms with van der Waals surface area (Å²) in [4.78, 5) is 54.1. The zero-order chi connectivity index (χ0) is 24.8. The Morgan fingerprint density at radius 1 is 0.941 bits per heavy atom. The third-order valence-corrected chi connectivity index (χ3v) is 5.85. The molecule has 1 N–H and O–H groups in total. The van der Waals surface area contributed by atoms with Crippen molar-refractivity contribution in [3.05, 3.63) is 78.0 Å². The van der Waals surface area contributed by atoms with Crippen LogP contribution >= 0.6 is 0 Å². The minimum absolute atomic E-state index is 0.154. The highest BCUT2D eigenvalue weighted by molar-refractivity contribution is 6.00. The van der Waals surface area contributed by atoms with E-state index in [1.54, 1.807) is 6.20 Å². The molecule has 2 aromatic carbocycles. The number of Topliss-reactive ketones (excluding diaryl/α,β-unsaturated/α-hetero) is 1. The van der Waals surface area contributed by atoms with Crippen molar-refractivity contribution >= 4 is 29.2 Å². The Bertz CT molecular complexity index is 1080. The number of nitrogens with one attached hydrogen (secondary N) is 1. The van der Waals surface area contributed by atoms with E-state index in [1.165, 1.54) is 23.6 Å². The number of rotatable bonds is 8. The maximum absolute atomic E-state index is 13.6. The molecule has 0 spiro atoms. The molecule has 178 valence electrons. The zero-order valence-electron chi connectivity index (χ0n) is 20.0. The molecule has 0 bridgehead atoms. The van der Waals surface area contributed by atoms with E-state index in [4.69, 9.17) is 0 Å². The van der Waals surface area contributed by atoms with E-state index in [-0.39, 0.29) is 30.1 Å². The Morgan fingerprint density at radius 2 is 1.53 bits per heavy atom. The van der Waals surface area contributed by atoms with Gasteiger partial charge in [-0.2, -0.15) is 0 Å². The molecule has 1 unspecified atom stereocenters. The fourth-order valence-corrected chi connectivity index (χ4v) is 4.10. The number of nitrogens with zero attached hydrogens (tertiary/aromatic N) is 2. The summed E-state index contributed by atoms with van der Waals surface area (Å²) >= 11 is 0. The monoisotopic (exact) mass is 461 g/mol. The molecule has 34 heavy (non-hydrogen) atoms. The van der Waals surface area contributed by atoms with Crippen molar-refractivity contribution in [1.82, 2.24) is 15.1 Å². The highest BCUT2D eigenvalue weighted by atomic mass is 16.2. The van der Waals surface area contributed by atoms with Crippen LogP contribution in [-0.4, -0.2) is 51.9 Å². The molecule has 0 saturated carbocycles. The van der Waals surface area contributed by atoms with Gasteiger partial charge in [0.15, 0.2) is 5.78 Å². The van der Waals surface area contributed by atoms with Crippen molar-refractivity contribution < 1.29 is 19.2 Å². The summed E-state index contributed by atoms with van der Waals surface area (Å²) in [6.07, 6.45) is 2.01. The molecule has 0 fully saturated rings. The lowest BCUT2D eigenvalue weighted by Gasteiger charge is -2.40. The second-order valence-corrected chi connectivity index (χ2v) is 8.84. The first-order valence-electron chi connectivity index (χ1n) is 11.4. The van der Waals surface area contributed by atoms with Crippen LogP contribution in [0.1, 0.15) is 38.8 Å². The quantitative estimate of drug-likeness (QED) is 0.655. The standard InChI is InChI=1S/C27H31N3O4/c1-18(2)26-27(34)30(24(16-29(26)20(4)32)22-13-9-6-10-14-22)17-25(33)28-23(19(3)31)15-21-11-7-5-8-12-21/h5-14,16,18,23,26H,15,17H2,1-4H3,(H,28,33)/t23-,26?/m0/s1. The Balaban J connectivity index is 1.89. The molecule has 3 amide bonds. The maximum atomic E-state index is 13.6. The van der Waals surface area contributed by atoms with Crippen LogP contribution in [0.15, 0.2) is 66.9 Å². The molecule has 1 heterocycles. The van der Waals surface area contributed by atoms with E-state index in [1.807, 2.05) is 74.5 Å². The molecule has 0 aliphatic carbocycles. The predicted octanol–water partition coefficient (Wildman–Crippen LogP) is 3.02. The van der Waals surface area contributed by atoms with Crippen LogP contribution in [0.5, 0.6) is 0 Å². The van der Waals surface area contributed by atoms with Gasteiger partial charge < -0.3 is 10.2 Å². The van der Waals surface area contributed by atoms with Gasteiger partial charge in [0.2, 0.25) is 11.8 Å². The Hall–Kier alpha value is -3.74. The lowest BCUT2D eigenvalue weighted by atomic mass is 9.97. The van der Waals surface area contributed by atoms with E-state index in [9.17, 15) is 19.2 Å². The average molecular weight is 462 g/mol. The molecule has 1 aliphatic heterocycles. The minimum atomic E-state index is -0.717. The number of ketones is 1. The van der Waals surface area contributed by atoms with Crippen LogP contribution in [0.2, 0.25) is 0 Å². The summed E-state index contributed by atoms with van der Waals surface area (Å²) in [7, 11) is 0.